The Labute approximate surface area is 170 Å². The highest BCUT2D eigenvalue weighted by Gasteiger charge is 2.11. The first-order valence-corrected chi connectivity index (χ1v) is 9.53. The highest BCUT2D eigenvalue weighted by molar-refractivity contribution is 6.06. The molecule has 3 aromatic carbocycles. The average Bonchev–Trinajstić information content (AvgIpc) is 2.78. The van der Waals surface area contributed by atoms with E-state index in [9.17, 15) is 9.59 Å². The predicted molar refractivity (Wildman–Crippen MR) is 114 cm³/mol. The van der Waals surface area contributed by atoms with Crippen molar-refractivity contribution in [2.24, 2.45) is 0 Å². The smallest absolute Gasteiger partial charge is 0.255 e. The van der Waals surface area contributed by atoms with Crippen LogP contribution in [0.5, 0.6) is 5.75 Å². The Bertz CT molecular complexity index is 953. The number of carbonyl (C=O) groups excluding carboxylic acids is 2. The number of benzene rings is 3. The van der Waals surface area contributed by atoms with Gasteiger partial charge >= 0.3 is 0 Å². The van der Waals surface area contributed by atoms with Gasteiger partial charge in [-0.2, -0.15) is 0 Å². The van der Waals surface area contributed by atoms with E-state index in [2.05, 4.69) is 22.8 Å². The van der Waals surface area contributed by atoms with E-state index in [1.807, 2.05) is 18.2 Å². The molecule has 0 aromatic heterocycles. The lowest BCUT2D eigenvalue weighted by Gasteiger charge is -2.09. The Kier molecular flexibility index (Phi) is 7.00. The third-order valence-electron chi connectivity index (χ3n) is 4.51. The van der Waals surface area contributed by atoms with Crippen LogP contribution in [0.3, 0.4) is 0 Å². The van der Waals surface area contributed by atoms with Crippen LogP contribution < -0.4 is 15.4 Å². The maximum absolute atomic E-state index is 12.5. The standard InChI is InChI=1S/C24H24N2O3/c1-29-22-14-12-21(13-15-22)26-24(28)20-11-5-10-19(17-20)23(27)25-16-6-9-18-7-3-2-4-8-18/h2-5,7-8,10-15,17H,6,9,16H2,1H3,(H,25,27)(H,26,28). The van der Waals surface area contributed by atoms with Crippen LogP contribution in [-0.4, -0.2) is 25.5 Å². The van der Waals surface area contributed by atoms with Crippen LogP contribution in [0.1, 0.15) is 32.7 Å². The molecule has 0 saturated carbocycles. The average molecular weight is 388 g/mol. The monoisotopic (exact) mass is 388 g/mol. The molecule has 0 bridgehead atoms. The largest absolute Gasteiger partial charge is 0.497 e. The molecule has 3 aromatic rings. The van der Waals surface area contributed by atoms with Crippen molar-refractivity contribution in [3.05, 3.63) is 95.6 Å². The van der Waals surface area contributed by atoms with Gasteiger partial charge in [-0.1, -0.05) is 36.4 Å². The summed E-state index contributed by atoms with van der Waals surface area (Å²) < 4.78 is 5.11. The predicted octanol–water partition coefficient (Wildman–Crippen LogP) is 4.31. The van der Waals surface area contributed by atoms with Gasteiger partial charge < -0.3 is 15.4 Å². The highest BCUT2D eigenvalue weighted by Crippen LogP contribution is 2.16. The van der Waals surface area contributed by atoms with Crippen LogP contribution in [-0.2, 0) is 6.42 Å². The molecule has 0 aliphatic carbocycles. The number of methoxy groups -OCH3 is 1. The summed E-state index contributed by atoms with van der Waals surface area (Å²) in [4.78, 5) is 24.9. The Morgan fingerprint density at radius 2 is 1.52 bits per heavy atom. The molecule has 0 aliphatic rings. The maximum atomic E-state index is 12.5. The van der Waals surface area contributed by atoms with Crippen molar-refractivity contribution >= 4 is 17.5 Å². The summed E-state index contributed by atoms with van der Waals surface area (Å²) >= 11 is 0. The van der Waals surface area contributed by atoms with Gasteiger partial charge in [-0.3, -0.25) is 9.59 Å². The summed E-state index contributed by atoms with van der Waals surface area (Å²) in [6.07, 6.45) is 1.76. The molecule has 29 heavy (non-hydrogen) atoms. The zero-order chi connectivity index (χ0) is 20.5. The van der Waals surface area contributed by atoms with Gasteiger partial charge in [0.05, 0.1) is 7.11 Å². The number of ether oxygens (including phenoxy) is 1. The van der Waals surface area contributed by atoms with Crippen LogP contribution in [0.4, 0.5) is 5.69 Å². The molecule has 5 heteroatoms. The second kappa shape index (κ2) is 10.1. The lowest BCUT2D eigenvalue weighted by atomic mass is 10.1. The molecule has 0 radical (unpaired) electrons. The van der Waals surface area contributed by atoms with E-state index < -0.39 is 0 Å². The number of aryl methyl sites for hydroxylation is 1. The van der Waals surface area contributed by atoms with Gasteiger partial charge in [0.15, 0.2) is 0 Å². The van der Waals surface area contributed by atoms with Crippen LogP contribution in [0.25, 0.3) is 0 Å². The fraction of sp³-hybridized carbons (Fsp3) is 0.167. The van der Waals surface area contributed by atoms with E-state index in [0.717, 1.165) is 12.8 Å². The minimum atomic E-state index is -0.270. The van der Waals surface area contributed by atoms with E-state index in [0.29, 0.717) is 29.1 Å². The number of amides is 2. The molecule has 0 atom stereocenters. The molecule has 2 amide bonds. The fourth-order valence-electron chi connectivity index (χ4n) is 2.92. The van der Waals surface area contributed by atoms with Crippen molar-refractivity contribution < 1.29 is 14.3 Å². The van der Waals surface area contributed by atoms with E-state index in [1.165, 1.54) is 5.56 Å². The van der Waals surface area contributed by atoms with Crippen molar-refractivity contribution in [3.8, 4) is 5.75 Å². The minimum Gasteiger partial charge on any atom is -0.497 e. The van der Waals surface area contributed by atoms with Crippen molar-refractivity contribution in [3.63, 3.8) is 0 Å². The number of hydrogen-bond donors (Lipinski definition) is 2. The number of rotatable bonds is 8. The Balaban J connectivity index is 1.53. The van der Waals surface area contributed by atoms with Crippen molar-refractivity contribution in [1.82, 2.24) is 5.32 Å². The third kappa shape index (κ3) is 5.94. The van der Waals surface area contributed by atoms with Crippen molar-refractivity contribution in [2.75, 3.05) is 19.0 Å². The zero-order valence-electron chi connectivity index (χ0n) is 16.4. The Morgan fingerprint density at radius 3 is 2.21 bits per heavy atom. The second-order valence-electron chi connectivity index (χ2n) is 6.61. The molecule has 0 unspecified atom stereocenters. The van der Waals surface area contributed by atoms with E-state index in [-0.39, 0.29) is 11.8 Å². The van der Waals surface area contributed by atoms with Gasteiger partial charge in [0.1, 0.15) is 5.75 Å². The van der Waals surface area contributed by atoms with Crippen molar-refractivity contribution in [1.29, 1.82) is 0 Å². The first-order valence-electron chi connectivity index (χ1n) is 9.53. The van der Waals surface area contributed by atoms with Gasteiger partial charge in [0, 0.05) is 23.4 Å². The fourth-order valence-corrected chi connectivity index (χ4v) is 2.92. The van der Waals surface area contributed by atoms with E-state index in [1.54, 1.807) is 55.6 Å². The highest BCUT2D eigenvalue weighted by atomic mass is 16.5. The van der Waals surface area contributed by atoms with Gasteiger partial charge in [-0.15, -0.1) is 0 Å². The van der Waals surface area contributed by atoms with Gasteiger partial charge in [0.25, 0.3) is 11.8 Å². The summed E-state index contributed by atoms with van der Waals surface area (Å²) in [5, 5.41) is 5.73. The molecule has 2 N–H and O–H groups in total. The van der Waals surface area contributed by atoms with Gasteiger partial charge in [0.2, 0.25) is 0 Å². The molecule has 0 aliphatic heterocycles. The molecular weight excluding hydrogens is 364 g/mol. The molecule has 148 valence electrons. The van der Waals surface area contributed by atoms with E-state index in [4.69, 9.17) is 4.74 Å². The van der Waals surface area contributed by atoms with Crippen LogP contribution in [0.15, 0.2) is 78.9 Å². The van der Waals surface area contributed by atoms with Crippen LogP contribution >= 0.6 is 0 Å². The lowest BCUT2D eigenvalue weighted by molar-refractivity contribution is 0.0953. The summed E-state index contributed by atoms with van der Waals surface area (Å²) in [6, 6.07) is 23.9. The summed E-state index contributed by atoms with van der Waals surface area (Å²) in [6.45, 7) is 0.579. The first-order chi connectivity index (χ1) is 14.2. The topological polar surface area (TPSA) is 67.4 Å². The zero-order valence-corrected chi connectivity index (χ0v) is 16.4. The molecule has 0 heterocycles. The number of nitrogens with one attached hydrogen (secondary N) is 2. The molecule has 3 rings (SSSR count). The first kappa shape index (κ1) is 20.1. The molecule has 0 fully saturated rings. The number of hydrogen-bond acceptors (Lipinski definition) is 3. The molecular formula is C24H24N2O3. The summed E-state index contributed by atoms with van der Waals surface area (Å²) in [7, 11) is 1.59. The van der Waals surface area contributed by atoms with Crippen LogP contribution in [0, 0.1) is 0 Å². The molecule has 5 nitrogen and oxygen atoms in total. The maximum Gasteiger partial charge on any atom is 0.255 e. The van der Waals surface area contributed by atoms with Crippen LogP contribution in [0.2, 0.25) is 0 Å². The summed E-state index contributed by atoms with van der Waals surface area (Å²) in [5.74, 6) is 0.264. The molecule has 0 spiro atoms. The third-order valence-corrected chi connectivity index (χ3v) is 4.51. The quantitative estimate of drug-likeness (QED) is 0.565. The Morgan fingerprint density at radius 1 is 0.828 bits per heavy atom. The minimum absolute atomic E-state index is 0.183. The Hall–Kier alpha value is -3.60. The second-order valence-corrected chi connectivity index (χ2v) is 6.61. The van der Waals surface area contributed by atoms with Gasteiger partial charge in [-0.05, 0) is 60.9 Å². The SMILES string of the molecule is COc1ccc(NC(=O)c2cccc(C(=O)NCCCc3ccccc3)c2)cc1. The lowest BCUT2D eigenvalue weighted by Crippen LogP contribution is -2.25. The normalized spacial score (nSPS) is 10.2. The van der Waals surface area contributed by atoms with E-state index >= 15 is 0 Å². The van der Waals surface area contributed by atoms with Gasteiger partial charge in [-0.25, -0.2) is 0 Å². The molecule has 0 saturated heterocycles. The number of carbonyl (C=O) groups is 2. The summed E-state index contributed by atoms with van der Waals surface area (Å²) in [5.41, 5.74) is 2.80. The number of anilines is 1. The van der Waals surface area contributed by atoms with Crippen molar-refractivity contribution in [2.45, 2.75) is 12.8 Å².